The van der Waals surface area contributed by atoms with Gasteiger partial charge < -0.3 is 9.47 Å². The fourth-order valence-corrected chi connectivity index (χ4v) is 3.97. The summed E-state index contributed by atoms with van der Waals surface area (Å²) in [5, 5.41) is 0. The first-order valence-electron chi connectivity index (χ1n) is 9.91. The normalized spacial score (nSPS) is 23.8. The largest absolute Gasteiger partial charge is 0.465 e. The van der Waals surface area contributed by atoms with Crippen molar-refractivity contribution < 1.29 is 23.9 Å². The van der Waals surface area contributed by atoms with Crippen LogP contribution >= 0.6 is 0 Å². The van der Waals surface area contributed by atoms with Crippen LogP contribution in [0.15, 0.2) is 36.4 Å². The number of carbonyl (C=O) groups excluding carboxylic acids is 3. The van der Waals surface area contributed by atoms with Crippen molar-refractivity contribution in [3.63, 3.8) is 0 Å². The van der Waals surface area contributed by atoms with Gasteiger partial charge in [0.25, 0.3) is 11.8 Å². The van der Waals surface area contributed by atoms with Gasteiger partial charge in [-0.3, -0.25) is 14.4 Å². The molecule has 0 N–H and O–H groups in total. The minimum atomic E-state index is -0.357. The van der Waals surface area contributed by atoms with Crippen LogP contribution in [-0.4, -0.2) is 37.1 Å². The second-order valence-electron chi connectivity index (χ2n) is 7.44. The van der Waals surface area contributed by atoms with Crippen LogP contribution in [0.2, 0.25) is 0 Å². The Hall–Kier alpha value is -2.47. The van der Waals surface area contributed by atoms with Gasteiger partial charge in [-0.15, -0.1) is 0 Å². The lowest BCUT2D eigenvalue weighted by Crippen LogP contribution is -2.51. The first-order chi connectivity index (χ1) is 13.5. The van der Waals surface area contributed by atoms with E-state index in [0.29, 0.717) is 18.4 Å². The number of imide groups is 1. The lowest BCUT2D eigenvalue weighted by atomic mass is 9.71. The standard InChI is InChI=1S/C22H27NO5/c1-3-18-22(4-2,15-28-18)12-5-13-27-21(26)14-16-6-8-17(9-7-16)23-19(24)10-11-20(23)25/h6-11,18H,3-5,12-15H2,1-2H3. The third-order valence-corrected chi connectivity index (χ3v) is 5.76. The Bertz CT molecular complexity index is 746. The van der Waals surface area contributed by atoms with Crippen LogP contribution in [0.5, 0.6) is 0 Å². The van der Waals surface area contributed by atoms with Gasteiger partial charge >= 0.3 is 5.97 Å². The summed E-state index contributed by atoms with van der Waals surface area (Å²) in [5.74, 6) is -0.987. The van der Waals surface area contributed by atoms with E-state index in [1.807, 2.05) is 0 Å². The van der Waals surface area contributed by atoms with Crippen LogP contribution < -0.4 is 4.90 Å². The second-order valence-corrected chi connectivity index (χ2v) is 7.44. The number of rotatable bonds is 9. The molecule has 3 rings (SSSR count). The van der Waals surface area contributed by atoms with Crippen LogP contribution in [0.4, 0.5) is 5.69 Å². The zero-order valence-corrected chi connectivity index (χ0v) is 16.5. The summed E-state index contributed by atoms with van der Waals surface area (Å²) in [7, 11) is 0. The molecule has 2 aliphatic rings. The van der Waals surface area contributed by atoms with Gasteiger partial charge in [-0.25, -0.2) is 4.90 Å². The molecule has 2 amide bonds. The molecule has 0 radical (unpaired) electrons. The highest BCUT2D eigenvalue weighted by molar-refractivity contribution is 6.28. The Kier molecular flexibility index (Phi) is 6.29. The van der Waals surface area contributed by atoms with Crippen molar-refractivity contribution in [1.29, 1.82) is 0 Å². The highest BCUT2D eigenvalue weighted by Crippen LogP contribution is 2.43. The van der Waals surface area contributed by atoms with Crippen molar-refractivity contribution in [2.75, 3.05) is 18.1 Å². The van der Waals surface area contributed by atoms with Gasteiger partial charge in [-0.05, 0) is 43.4 Å². The van der Waals surface area contributed by atoms with Crippen LogP contribution in [0, 0.1) is 5.41 Å². The van der Waals surface area contributed by atoms with E-state index in [0.717, 1.165) is 42.8 Å². The fraction of sp³-hybridized carbons (Fsp3) is 0.500. The summed E-state index contributed by atoms with van der Waals surface area (Å²) < 4.78 is 11.0. The van der Waals surface area contributed by atoms with E-state index in [2.05, 4.69) is 13.8 Å². The molecule has 0 spiro atoms. The van der Waals surface area contributed by atoms with Crippen LogP contribution in [-0.2, 0) is 30.3 Å². The van der Waals surface area contributed by atoms with Crippen molar-refractivity contribution in [1.82, 2.24) is 0 Å². The minimum Gasteiger partial charge on any atom is -0.465 e. The average Bonchev–Trinajstić information content (AvgIpc) is 3.00. The highest BCUT2D eigenvalue weighted by atomic mass is 16.5. The zero-order chi connectivity index (χ0) is 20.1. The molecule has 1 fully saturated rings. The molecular weight excluding hydrogens is 358 g/mol. The first kappa shape index (κ1) is 20.3. The number of hydrogen-bond acceptors (Lipinski definition) is 5. The maximum atomic E-state index is 12.1. The molecule has 2 atom stereocenters. The predicted molar refractivity (Wildman–Crippen MR) is 105 cm³/mol. The molecular formula is C22H27NO5. The lowest BCUT2D eigenvalue weighted by molar-refractivity contribution is -0.194. The summed E-state index contributed by atoms with van der Waals surface area (Å²) in [5.41, 5.74) is 1.52. The molecule has 6 heteroatoms. The van der Waals surface area contributed by atoms with Crippen LogP contribution in [0.25, 0.3) is 0 Å². The summed E-state index contributed by atoms with van der Waals surface area (Å²) in [6, 6.07) is 6.80. The maximum Gasteiger partial charge on any atom is 0.310 e. The number of ether oxygens (including phenoxy) is 2. The third kappa shape index (κ3) is 4.17. The summed E-state index contributed by atoms with van der Waals surface area (Å²) in [6.45, 7) is 5.56. The molecule has 2 unspecified atom stereocenters. The molecule has 0 bridgehead atoms. The molecule has 1 aromatic rings. The summed E-state index contributed by atoms with van der Waals surface area (Å²) >= 11 is 0. The Labute approximate surface area is 165 Å². The Morgan fingerprint density at radius 1 is 1.18 bits per heavy atom. The van der Waals surface area contributed by atoms with Crippen molar-refractivity contribution in [3.8, 4) is 0 Å². The number of carbonyl (C=O) groups is 3. The van der Waals surface area contributed by atoms with E-state index in [1.165, 1.54) is 12.2 Å². The van der Waals surface area contributed by atoms with E-state index in [9.17, 15) is 14.4 Å². The fourth-order valence-electron chi connectivity index (χ4n) is 3.97. The Balaban J connectivity index is 1.43. The second kappa shape index (κ2) is 8.69. The smallest absolute Gasteiger partial charge is 0.310 e. The minimum absolute atomic E-state index is 0.167. The number of nitrogens with zero attached hydrogens (tertiary/aromatic N) is 1. The highest BCUT2D eigenvalue weighted by Gasteiger charge is 2.45. The van der Waals surface area contributed by atoms with Gasteiger partial charge in [0.1, 0.15) is 0 Å². The SMILES string of the molecule is CCC1OCC1(CC)CCCOC(=O)Cc1ccc(N2C(=O)C=CC2=O)cc1. The van der Waals surface area contributed by atoms with Crippen molar-refractivity contribution in [3.05, 3.63) is 42.0 Å². The van der Waals surface area contributed by atoms with Gasteiger partial charge in [0, 0.05) is 17.6 Å². The molecule has 150 valence electrons. The molecule has 0 aliphatic carbocycles. The molecule has 2 heterocycles. The van der Waals surface area contributed by atoms with E-state index in [1.54, 1.807) is 24.3 Å². The zero-order valence-electron chi connectivity index (χ0n) is 16.5. The van der Waals surface area contributed by atoms with Crippen molar-refractivity contribution in [2.24, 2.45) is 5.41 Å². The number of amides is 2. The van der Waals surface area contributed by atoms with E-state index < -0.39 is 0 Å². The summed E-state index contributed by atoms with van der Waals surface area (Å²) in [4.78, 5) is 36.6. The molecule has 0 aromatic heterocycles. The van der Waals surface area contributed by atoms with E-state index >= 15 is 0 Å². The van der Waals surface area contributed by atoms with Gasteiger partial charge in [0.15, 0.2) is 0 Å². The van der Waals surface area contributed by atoms with Crippen molar-refractivity contribution in [2.45, 2.75) is 52.1 Å². The molecule has 1 aromatic carbocycles. The summed E-state index contributed by atoms with van der Waals surface area (Å²) in [6.07, 6.45) is 6.94. The lowest BCUT2D eigenvalue weighted by Gasteiger charge is -2.49. The van der Waals surface area contributed by atoms with Gasteiger partial charge in [0.05, 0.1) is 31.4 Å². The first-order valence-corrected chi connectivity index (χ1v) is 9.91. The Morgan fingerprint density at radius 2 is 1.86 bits per heavy atom. The van der Waals surface area contributed by atoms with E-state index in [-0.39, 0.29) is 29.6 Å². The van der Waals surface area contributed by atoms with Crippen molar-refractivity contribution >= 4 is 23.5 Å². The monoisotopic (exact) mass is 385 g/mol. The molecule has 1 saturated heterocycles. The van der Waals surface area contributed by atoms with E-state index in [4.69, 9.17) is 9.47 Å². The van der Waals surface area contributed by atoms with Gasteiger partial charge in [-0.2, -0.15) is 0 Å². The number of benzene rings is 1. The van der Waals surface area contributed by atoms with Crippen LogP contribution in [0.3, 0.4) is 0 Å². The quantitative estimate of drug-likeness (QED) is 0.371. The van der Waals surface area contributed by atoms with Crippen LogP contribution in [0.1, 0.15) is 45.1 Å². The number of esters is 1. The molecule has 6 nitrogen and oxygen atoms in total. The average molecular weight is 385 g/mol. The topological polar surface area (TPSA) is 72.9 Å². The Morgan fingerprint density at radius 3 is 2.39 bits per heavy atom. The molecule has 2 aliphatic heterocycles. The maximum absolute atomic E-state index is 12.1. The van der Waals surface area contributed by atoms with Gasteiger partial charge in [0.2, 0.25) is 0 Å². The van der Waals surface area contributed by atoms with Gasteiger partial charge in [-0.1, -0.05) is 26.0 Å². The predicted octanol–water partition coefficient (Wildman–Crippen LogP) is 3.19. The number of anilines is 1. The molecule has 28 heavy (non-hydrogen) atoms. The number of hydrogen-bond donors (Lipinski definition) is 0. The third-order valence-electron chi connectivity index (χ3n) is 5.76. The molecule has 0 saturated carbocycles.